The van der Waals surface area contributed by atoms with Crippen molar-refractivity contribution in [3.8, 4) is 0 Å². The SMILES string of the molecule is O=C(c1ccn(Cc2cccc(Cl)c2)n1)c1cnccc1NC1CCC(CO)C1. The van der Waals surface area contributed by atoms with Gasteiger partial charge in [0.05, 0.1) is 12.1 Å². The van der Waals surface area contributed by atoms with E-state index in [0.29, 0.717) is 28.7 Å². The molecule has 0 bridgehead atoms. The first-order valence-electron chi connectivity index (χ1n) is 9.76. The van der Waals surface area contributed by atoms with Gasteiger partial charge in [-0.2, -0.15) is 5.10 Å². The highest BCUT2D eigenvalue weighted by Crippen LogP contribution is 2.29. The van der Waals surface area contributed by atoms with Crippen LogP contribution in [0.3, 0.4) is 0 Å². The van der Waals surface area contributed by atoms with Crippen LogP contribution >= 0.6 is 11.6 Å². The van der Waals surface area contributed by atoms with E-state index in [-0.39, 0.29) is 18.4 Å². The summed E-state index contributed by atoms with van der Waals surface area (Å²) in [5.41, 5.74) is 2.66. The zero-order valence-electron chi connectivity index (χ0n) is 16.0. The van der Waals surface area contributed by atoms with Crippen LogP contribution in [0.15, 0.2) is 55.0 Å². The number of pyridine rings is 1. The molecule has 29 heavy (non-hydrogen) atoms. The molecule has 4 rings (SSSR count). The summed E-state index contributed by atoms with van der Waals surface area (Å²) in [6, 6.07) is 11.4. The number of ketones is 1. The van der Waals surface area contributed by atoms with Crippen molar-refractivity contribution >= 4 is 23.1 Å². The van der Waals surface area contributed by atoms with Gasteiger partial charge in [0.1, 0.15) is 5.69 Å². The molecule has 2 unspecified atom stereocenters. The van der Waals surface area contributed by atoms with Crippen LogP contribution < -0.4 is 5.32 Å². The smallest absolute Gasteiger partial charge is 0.216 e. The van der Waals surface area contributed by atoms with Crippen molar-refractivity contribution in [2.24, 2.45) is 5.92 Å². The molecule has 1 fully saturated rings. The summed E-state index contributed by atoms with van der Waals surface area (Å²) >= 11 is 6.04. The molecule has 1 aromatic carbocycles. The fourth-order valence-corrected chi connectivity index (χ4v) is 4.04. The number of aliphatic hydroxyl groups excluding tert-OH is 1. The number of nitrogens with one attached hydrogen (secondary N) is 1. The number of halogens is 1. The number of benzene rings is 1. The molecule has 0 aliphatic heterocycles. The Labute approximate surface area is 174 Å². The van der Waals surface area contributed by atoms with Gasteiger partial charge < -0.3 is 10.4 Å². The fraction of sp³-hybridized carbons (Fsp3) is 0.318. The highest BCUT2D eigenvalue weighted by Gasteiger charge is 2.25. The standard InChI is InChI=1S/C22H23ClN4O2/c23-17-3-1-2-15(10-17)13-27-9-7-21(26-27)22(29)19-12-24-8-6-20(19)25-18-5-4-16(11-18)14-28/h1-3,6-10,12,16,18,28H,4-5,11,13-14H2,(H,24,25). The molecule has 0 saturated heterocycles. The molecule has 0 radical (unpaired) electrons. The van der Waals surface area contributed by atoms with Gasteiger partial charge in [-0.3, -0.25) is 14.5 Å². The number of nitrogens with zero attached hydrogens (tertiary/aromatic N) is 3. The van der Waals surface area contributed by atoms with Gasteiger partial charge in [0, 0.05) is 41.9 Å². The van der Waals surface area contributed by atoms with Gasteiger partial charge in [0.2, 0.25) is 5.78 Å². The number of aromatic nitrogens is 3. The molecule has 150 valence electrons. The van der Waals surface area contributed by atoms with Gasteiger partial charge in [-0.05, 0) is 55.0 Å². The Bertz CT molecular complexity index is 1000. The monoisotopic (exact) mass is 410 g/mol. The first-order valence-corrected chi connectivity index (χ1v) is 10.1. The topological polar surface area (TPSA) is 80.0 Å². The lowest BCUT2D eigenvalue weighted by Gasteiger charge is -2.16. The number of carbonyl (C=O) groups excluding carboxylic acids is 1. The molecule has 1 aliphatic carbocycles. The summed E-state index contributed by atoms with van der Waals surface area (Å²) in [7, 11) is 0. The normalized spacial score (nSPS) is 18.7. The van der Waals surface area contributed by atoms with E-state index in [1.54, 1.807) is 29.3 Å². The molecule has 2 heterocycles. The summed E-state index contributed by atoms with van der Waals surface area (Å²) < 4.78 is 1.73. The van der Waals surface area contributed by atoms with Crippen molar-refractivity contribution in [1.29, 1.82) is 0 Å². The predicted octanol–water partition coefficient (Wildman–Crippen LogP) is 3.78. The first-order chi connectivity index (χ1) is 14.1. The van der Waals surface area contributed by atoms with Crippen molar-refractivity contribution in [2.75, 3.05) is 11.9 Å². The van der Waals surface area contributed by atoms with Crippen LogP contribution in [0.2, 0.25) is 5.02 Å². The fourth-order valence-electron chi connectivity index (χ4n) is 3.82. The lowest BCUT2D eigenvalue weighted by Crippen LogP contribution is -2.19. The Kier molecular flexibility index (Phi) is 5.92. The summed E-state index contributed by atoms with van der Waals surface area (Å²) in [4.78, 5) is 17.2. The second-order valence-electron chi connectivity index (χ2n) is 7.48. The lowest BCUT2D eigenvalue weighted by atomic mass is 10.1. The molecule has 3 aromatic rings. The summed E-state index contributed by atoms with van der Waals surface area (Å²) in [5, 5.41) is 17.9. The summed E-state index contributed by atoms with van der Waals surface area (Å²) in [5.74, 6) is 0.165. The second kappa shape index (κ2) is 8.76. The third-order valence-corrected chi connectivity index (χ3v) is 5.57. The average Bonchev–Trinajstić information content (AvgIpc) is 3.37. The van der Waals surface area contributed by atoms with Crippen LogP contribution in [-0.4, -0.2) is 38.3 Å². The molecule has 2 aromatic heterocycles. The largest absolute Gasteiger partial charge is 0.396 e. The maximum absolute atomic E-state index is 13.1. The van der Waals surface area contributed by atoms with E-state index in [9.17, 15) is 9.90 Å². The van der Waals surface area contributed by atoms with E-state index in [1.807, 2.05) is 30.3 Å². The quantitative estimate of drug-likeness (QED) is 0.579. The van der Waals surface area contributed by atoms with Gasteiger partial charge in [0.15, 0.2) is 0 Å². The van der Waals surface area contributed by atoms with Gasteiger partial charge in [0.25, 0.3) is 0 Å². The lowest BCUT2D eigenvalue weighted by molar-refractivity contribution is 0.103. The zero-order valence-corrected chi connectivity index (χ0v) is 16.7. The molecular formula is C22H23ClN4O2. The number of hydrogen-bond acceptors (Lipinski definition) is 5. The van der Waals surface area contributed by atoms with Crippen LogP contribution in [-0.2, 0) is 6.54 Å². The van der Waals surface area contributed by atoms with Crippen LogP contribution in [0.5, 0.6) is 0 Å². The molecule has 2 atom stereocenters. The van der Waals surface area contributed by atoms with E-state index in [2.05, 4.69) is 15.4 Å². The molecule has 0 spiro atoms. The Morgan fingerprint density at radius 2 is 2.17 bits per heavy atom. The first kappa shape index (κ1) is 19.6. The Hall–Kier alpha value is -2.70. The van der Waals surface area contributed by atoms with Crippen molar-refractivity contribution in [3.63, 3.8) is 0 Å². The van der Waals surface area contributed by atoms with Crippen LogP contribution in [0.1, 0.15) is 40.9 Å². The van der Waals surface area contributed by atoms with Crippen molar-refractivity contribution < 1.29 is 9.90 Å². The van der Waals surface area contributed by atoms with E-state index in [4.69, 9.17) is 11.6 Å². The van der Waals surface area contributed by atoms with Crippen LogP contribution in [0.25, 0.3) is 0 Å². The minimum atomic E-state index is -0.165. The highest BCUT2D eigenvalue weighted by molar-refractivity contribution is 6.30. The van der Waals surface area contributed by atoms with Crippen molar-refractivity contribution in [2.45, 2.75) is 31.8 Å². The minimum absolute atomic E-state index is 0.165. The van der Waals surface area contributed by atoms with Crippen molar-refractivity contribution in [3.05, 3.63) is 76.8 Å². The number of rotatable bonds is 7. The van der Waals surface area contributed by atoms with Gasteiger partial charge in [-0.1, -0.05) is 23.7 Å². The van der Waals surface area contributed by atoms with Crippen LogP contribution in [0.4, 0.5) is 5.69 Å². The molecule has 2 N–H and O–H groups in total. The molecule has 1 aliphatic rings. The Morgan fingerprint density at radius 3 is 2.97 bits per heavy atom. The minimum Gasteiger partial charge on any atom is -0.396 e. The zero-order chi connectivity index (χ0) is 20.2. The number of carbonyl (C=O) groups is 1. The van der Waals surface area contributed by atoms with E-state index < -0.39 is 0 Å². The maximum atomic E-state index is 13.1. The summed E-state index contributed by atoms with van der Waals surface area (Å²) in [6.07, 6.45) is 7.93. The number of aliphatic hydroxyl groups is 1. The van der Waals surface area contributed by atoms with E-state index in [0.717, 1.165) is 30.5 Å². The van der Waals surface area contributed by atoms with E-state index >= 15 is 0 Å². The average molecular weight is 411 g/mol. The van der Waals surface area contributed by atoms with E-state index in [1.165, 1.54) is 0 Å². The highest BCUT2D eigenvalue weighted by atomic mass is 35.5. The van der Waals surface area contributed by atoms with Crippen LogP contribution in [0, 0.1) is 5.92 Å². The Balaban J connectivity index is 1.49. The maximum Gasteiger partial charge on any atom is 0.216 e. The van der Waals surface area contributed by atoms with Crippen molar-refractivity contribution in [1.82, 2.24) is 14.8 Å². The predicted molar refractivity (Wildman–Crippen MR) is 112 cm³/mol. The third kappa shape index (κ3) is 4.66. The third-order valence-electron chi connectivity index (χ3n) is 5.33. The molecule has 7 heteroatoms. The van der Waals surface area contributed by atoms with Gasteiger partial charge in [-0.25, -0.2) is 0 Å². The van der Waals surface area contributed by atoms with Gasteiger partial charge >= 0.3 is 0 Å². The molecule has 6 nitrogen and oxygen atoms in total. The molecule has 1 saturated carbocycles. The number of hydrogen-bond donors (Lipinski definition) is 2. The molecule has 0 amide bonds. The number of anilines is 1. The Morgan fingerprint density at radius 1 is 1.28 bits per heavy atom. The second-order valence-corrected chi connectivity index (χ2v) is 7.92. The molecular weight excluding hydrogens is 388 g/mol. The summed E-state index contributed by atoms with van der Waals surface area (Å²) in [6.45, 7) is 0.751. The van der Waals surface area contributed by atoms with Gasteiger partial charge in [-0.15, -0.1) is 0 Å².